The van der Waals surface area contributed by atoms with Gasteiger partial charge in [-0.25, -0.2) is 0 Å². The minimum absolute atomic E-state index is 0.297. The van der Waals surface area contributed by atoms with Gasteiger partial charge in [0.2, 0.25) is 0 Å². The number of methoxy groups -OCH3 is 1. The van der Waals surface area contributed by atoms with E-state index in [1.54, 1.807) is 7.11 Å². The highest BCUT2D eigenvalue weighted by molar-refractivity contribution is 5.87. The van der Waals surface area contributed by atoms with E-state index >= 15 is 0 Å². The molecule has 0 saturated heterocycles. The molecule has 1 aromatic heterocycles. The van der Waals surface area contributed by atoms with E-state index in [9.17, 15) is 0 Å². The Bertz CT molecular complexity index is 1080. The van der Waals surface area contributed by atoms with Gasteiger partial charge in [-0.2, -0.15) is 0 Å². The molecule has 142 valence electrons. The number of nitrogens with one attached hydrogen (secondary N) is 2. The Morgan fingerprint density at radius 3 is 2.57 bits per heavy atom. The van der Waals surface area contributed by atoms with Crippen LogP contribution < -0.4 is 10.1 Å². The van der Waals surface area contributed by atoms with E-state index in [1.165, 1.54) is 27.8 Å². The number of ether oxygens (including phenoxy) is 1. The second kappa shape index (κ2) is 7.91. The Labute approximate surface area is 166 Å². The van der Waals surface area contributed by atoms with Crippen molar-refractivity contribution in [3.63, 3.8) is 0 Å². The molecule has 3 aromatic carbocycles. The monoisotopic (exact) mass is 370 g/mol. The summed E-state index contributed by atoms with van der Waals surface area (Å²) in [4.78, 5) is 3.38. The van der Waals surface area contributed by atoms with Crippen LogP contribution in [0.15, 0.2) is 72.8 Å². The second-order valence-electron chi connectivity index (χ2n) is 7.30. The van der Waals surface area contributed by atoms with Crippen molar-refractivity contribution in [2.45, 2.75) is 26.4 Å². The number of aromatic nitrogens is 1. The lowest BCUT2D eigenvalue weighted by atomic mass is 10.00. The first kappa shape index (κ1) is 18.3. The van der Waals surface area contributed by atoms with E-state index in [1.807, 2.05) is 0 Å². The van der Waals surface area contributed by atoms with Crippen molar-refractivity contribution in [2.75, 3.05) is 7.11 Å². The Morgan fingerprint density at radius 1 is 0.964 bits per heavy atom. The van der Waals surface area contributed by atoms with Crippen LogP contribution >= 0.6 is 0 Å². The number of hydrogen-bond acceptors (Lipinski definition) is 2. The number of fused-ring (bicyclic) bond motifs is 1. The summed E-state index contributed by atoms with van der Waals surface area (Å²) >= 11 is 0. The van der Waals surface area contributed by atoms with E-state index in [0.717, 1.165) is 23.4 Å². The fraction of sp³-hybridized carbons (Fsp3) is 0.200. The predicted molar refractivity (Wildman–Crippen MR) is 117 cm³/mol. The van der Waals surface area contributed by atoms with Crippen molar-refractivity contribution in [3.05, 3.63) is 89.6 Å². The molecule has 3 heteroatoms. The van der Waals surface area contributed by atoms with Gasteiger partial charge in [0, 0.05) is 34.7 Å². The molecule has 0 fully saturated rings. The molecule has 0 saturated carbocycles. The summed E-state index contributed by atoms with van der Waals surface area (Å²) in [5.74, 6) is 0.895. The minimum atomic E-state index is 0.297. The molecule has 0 aliphatic carbocycles. The van der Waals surface area contributed by atoms with Gasteiger partial charge in [0.25, 0.3) is 0 Å². The van der Waals surface area contributed by atoms with Crippen LogP contribution in [0.1, 0.15) is 29.8 Å². The Balaban J connectivity index is 1.60. The predicted octanol–water partition coefficient (Wildman–Crippen LogP) is 6.00. The lowest BCUT2D eigenvalue weighted by Crippen LogP contribution is -2.18. The van der Waals surface area contributed by atoms with Gasteiger partial charge in [0.15, 0.2) is 0 Å². The first-order valence-corrected chi connectivity index (χ1v) is 9.69. The molecule has 28 heavy (non-hydrogen) atoms. The van der Waals surface area contributed by atoms with Gasteiger partial charge in [-0.05, 0) is 60.9 Å². The van der Waals surface area contributed by atoms with Crippen LogP contribution in [0.5, 0.6) is 5.75 Å². The fourth-order valence-corrected chi connectivity index (χ4v) is 3.67. The maximum absolute atomic E-state index is 5.64. The van der Waals surface area contributed by atoms with E-state index in [4.69, 9.17) is 4.74 Å². The standard InChI is InChI=1S/C25H26N2O/c1-17-13-22-15-21(10-11-24(22)27-17)23-14-19(9-12-25(23)28-3)16-26-18(2)20-7-5-4-6-8-20/h4-15,18,26-27H,16H2,1-3H3/t18-/m1/s1. The van der Waals surface area contributed by atoms with Crippen molar-refractivity contribution >= 4 is 10.9 Å². The smallest absolute Gasteiger partial charge is 0.126 e. The van der Waals surface area contributed by atoms with Crippen molar-refractivity contribution in [3.8, 4) is 16.9 Å². The minimum Gasteiger partial charge on any atom is -0.496 e. The molecule has 1 heterocycles. The van der Waals surface area contributed by atoms with Crippen molar-refractivity contribution < 1.29 is 4.74 Å². The van der Waals surface area contributed by atoms with Crippen LogP contribution in [-0.2, 0) is 6.54 Å². The first-order chi connectivity index (χ1) is 13.6. The van der Waals surface area contributed by atoms with E-state index in [2.05, 4.69) is 96.9 Å². The average molecular weight is 370 g/mol. The Morgan fingerprint density at radius 2 is 1.79 bits per heavy atom. The zero-order valence-electron chi connectivity index (χ0n) is 16.6. The summed E-state index contributed by atoms with van der Waals surface area (Å²) in [6.07, 6.45) is 0. The molecule has 0 amide bonds. The molecule has 0 radical (unpaired) electrons. The third-order valence-electron chi connectivity index (χ3n) is 5.24. The third-order valence-corrected chi connectivity index (χ3v) is 5.24. The molecule has 3 nitrogen and oxygen atoms in total. The summed E-state index contributed by atoms with van der Waals surface area (Å²) < 4.78 is 5.64. The number of benzene rings is 3. The first-order valence-electron chi connectivity index (χ1n) is 9.69. The van der Waals surface area contributed by atoms with Gasteiger partial charge in [-0.15, -0.1) is 0 Å². The SMILES string of the molecule is COc1ccc(CN[C@H](C)c2ccccc2)cc1-c1ccc2[nH]c(C)cc2c1. The molecular formula is C25H26N2O. The zero-order chi connectivity index (χ0) is 19.5. The number of hydrogen-bond donors (Lipinski definition) is 2. The topological polar surface area (TPSA) is 37.0 Å². The molecule has 4 aromatic rings. The lowest BCUT2D eigenvalue weighted by Gasteiger charge is -2.16. The number of rotatable bonds is 6. The van der Waals surface area contributed by atoms with Gasteiger partial charge in [-0.1, -0.05) is 42.5 Å². The van der Waals surface area contributed by atoms with Crippen LogP contribution in [0.25, 0.3) is 22.0 Å². The Kier molecular flexibility index (Phi) is 5.18. The van der Waals surface area contributed by atoms with Crippen molar-refractivity contribution in [1.29, 1.82) is 0 Å². The maximum atomic E-state index is 5.64. The highest BCUT2D eigenvalue weighted by Gasteiger charge is 2.10. The summed E-state index contributed by atoms with van der Waals surface area (Å²) in [5.41, 5.74) is 7.16. The van der Waals surface area contributed by atoms with Crippen LogP contribution in [0.3, 0.4) is 0 Å². The maximum Gasteiger partial charge on any atom is 0.126 e. The third kappa shape index (κ3) is 3.80. The summed E-state index contributed by atoms with van der Waals surface area (Å²) in [5, 5.41) is 4.84. The molecule has 0 unspecified atom stereocenters. The molecule has 4 rings (SSSR count). The lowest BCUT2D eigenvalue weighted by molar-refractivity contribution is 0.416. The van der Waals surface area contributed by atoms with Crippen molar-refractivity contribution in [1.82, 2.24) is 10.3 Å². The quantitative estimate of drug-likeness (QED) is 0.436. The number of aromatic amines is 1. The normalized spacial score (nSPS) is 12.2. The van der Waals surface area contributed by atoms with Gasteiger partial charge in [0.05, 0.1) is 7.11 Å². The van der Waals surface area contributed by atoms with Gasteiger partial charge < -0.3 is 15.0 Å². The van der Waals surface area contributed by atoms with Crippen LogP contribution in [0.2, 0.25) is 0 Å². The summed E-state index contributed by atoms with van der Waals surface area (Å²) in [6.45, 7) is 5.08. The number of H-pyrrole nitrogens is 1. The van der Waals surface area contributed by atoms with E-state index < -0.39 is 0 Å². The zero-order valence-corrected chi connectivity index (χ0v) is 16.6. The van der Waals surface area contributed by atoms with Gasteiger partial charge in [0.1, 0.15) is 5.75 Å². The van der Waals surface area contributed by atoms with Crippen molar-refractivity contribution in [2.24, 2.45) is 0 Å². The molecule has 0 bridgehead atoms. The van der Waals surface area contributed by atoms with Crippen LogP contribution in [0, 0.1) is 6.92 Å². The van der Waals surface area contributed by atoms with E-state index in [0.29, 0.717) is 6.04 Å². The highest BCUT2D eigenvalue weighted by Crippen LogP contribution is 2.33. The Hall–Kier alpha value is -3.04. The molecule has 0 aliphatic rings. The van der Waals surface area contributed by atoms with Crippen LogP contribution in [0.4, 0.5) is 0 Å². The van der Waals surface area contributed by atoms with Gasteiger partial charge >= 0.3 is 0 Å². The fourth-order valence-electron chi connectivity index (χ4n) is 3.67. The van der Waals surface area contributed by atoms with Gasteiger partial charge in [-0.3, -0.25) is 0 Å². The molecule has 0 aliphatic heterocycles. The second-order valence-corrected chi connectivity index (χ2v) is 7.30. The van der Waals surface area contributed by atoms with Crippen LogP contribution in [-0.4, -0.2) is 12.1 Å². The highest BCUT2D eigenvalue weighted by atomic mass is 16.5. The molecule has 1 atom stereocenters. The van der Waals surface area contributed by atoms with E-state index in [-0.39, 0.29) is 0 Å². The molecular weight excluding hydrogens is 344 g/mol. The summed E-state index contributed by atoms with van der Waals surface area (Å²) in [6, 6.07) is 25.9. The summed E-state index contributed by atoms with van der Waals surface area (Å²) in [7, 11) is 1.73. The largest absolute Gasteiger partial charge is 0.496 e. The molecule has 0 spiro atoms. The molecule has 2 N–H and O–H groups in total. The average Bonchev–Trinajstić information content (AvgIpc) is 3.11. The number of aryl methyl sites for hydroxylation is 1.